The van der Waals surface area contributed by atoms with Crippen LogP contribution >= 0.6 is 0 Å². The molecule has 2 aromatic rings. The molecule has 2 aliphatic rings. The van der Waals surface area contributed by atoms with Gasteiger partial charge in [-0.1, -0.05) is 50.8 Å². The first-order valence-corrected chi connectivity index (χ1v) is 13.4. The quantitative estimate of drug-likeness (QED) is 0.335. The zero-order valence-electron chi connectivity index (χ0n) is 21.0. The molecule has 2 aromatic carbocycles. The van der Waals surface area contributed by atoms with E-state index in [1.54, 1.807) is 0 Å². The van der Waals surface area contributed by atoms with Crippen LogP contribution in [0.15, 0.2) is 30.3 Å². The van der Waals surface area contributed by atoms with Gasteiger partial charge in [0.1, 0.15) is 5.82 Å². The van der Waals surface area contributed by atoms with Crippen LogP contribution in [0.2, 0.25) is 0 Å². The maximum Gasteiger partial charge on any atom is 0.266 e. The van der Waals surface area contributed by atoms with E-state index in [9.17, 15) is 17.6 Å². The van der Waals surface area contributed by atoms with Gasteiger partial charge in [0.2, 0.25) is 0 Å². The van der Waals surface area contributed by atoms with E-state index in [0.717, 1.165) is 30.6 Å². The molecule has 0 heterocycles. The fourth-order valence-electron chi connectivity index (χ4n) is 6.36. The van der Waals surface area contributed by atoms with Crippen molar-refractivity contribution in [2.45, 2.75) is 84.5 Å². The van der Waals surface area contributed by atoms with E-state index >= 15 is 0 Å². The van der Waals surface area contributed by atoms with Gasteiger partial charge in [0.15, 0.2) is 11.6 Å². The third-order valence-electron chi connectivity index (χ3n) is 8.48. The smallest absolute Gasteiger partial charge is 0.266 e. The van der Waals surface area contributed by atoms with Gasteiger partial charge in [0.25, 0.3) is 6.43 Å². The van der Waals surface area contributed by atoms with E-state index in [4.69, 9.17) is 4.74 Å². The first kappa shape index (κ1) is 26.0. The Balaban J connectivity index is 1.30. The molecule has 0 radical (unpaired) electrons. The van der Waals surface area contributed by atoms with Gasteiger partial charge in [-0.25, -0.2) is 17.6 Å². The Bertz CT molecular complexity index is 973. The minimum Gasteiger partial charge on any atom is -0.490 e. The molecule has 192 valence electrons. The summed E-state index contributed by atoms with van der Waals surface area (Å²) in [5, 5.41) is 0. The molecule has 0 atom stereocenters. The zero-order chi connectivity index (χ0) is 24.9. The molecule has 2 fully saturated rings. The van der Waals surface area contributed by atoms with Gasteiger partial charge in [-0.05, 0) is 92.4 Å². The number of halogens is 4. The predicted octanol–water partition coefficient (Wildman–Crippen LogP) is 9.67. The number of ether oxygens (including phenoxy) is 1. The van der Waals surface area contributed by atoms with Crippen LogP contribution in [0.4, 0.5) is 17.6 Å². The lowest BCUT2D eigenvalue weighted by Gasteiger charge is -2.37. The highest BCUT2D eigenvalue weighted by atomic mass is 19.3. The van der Waals surface area contributed by atoms with Gasteiger partial charge in [-0.15, -0.1) is 0 Å². The number of hydrogen-bond donors (Lipinski definition) is 0. The summed E-state index contributed by atoms with van der Waals surface area (Å²) in [7, 11) is 0. The summed E-state index contributed by atoms with van der Waals surface area (Å²) in [6.07, 6.45) is 10.0. The summed E-state index contributed by atoms with van der Waals surface area (Å²) in [5.74, 6) is 1.60. The van der Waals surface area contributed by atoms with Crippen LogP contribution in [0.1, 0.15) is 88.7 Å². The molecule has 0 N–H and O–H groups in total. The number of aryl methyl sites for hydroxylation is 1. The SMILES string of the molecule is CCCC1CCC(C2CCC(COc3ccc(-c4ccc(C)c(C(F)F)c4F)cc3F)CC2)CC1. The van der Waals surface area contributed by atoms with Crippen molar-refractivity contribution < 1.29 is 22.3 Å². The molecular formula is C30H38F4O. The lowest BCUT2D eigenvalue weighted by molar-refractivity contribution is 0.120. The number of benzene rings is 2. The molecule has 0 amide bonds. The number of hydrogen-bond acceptors (Lipinski definition) is 1. The van der Waals surface area contributed by atoms with Gasteiger partial charge in [-0.3, -0.25) is 0 Å². The van der Waals surface area contributed by atoms with Crippen molar-refractivity contribution in [1.29, 1.82) is 0 Å². The van der Waals surface area contributed by atoms with Crippen LogP contribution in [0.25, 0.3) is 11.1 Å². The Morgan fingerprint density at radius 2 is 1.49 bits per heavy atom. The Hall–Kier alpha value is -2.04. The van der Waals surface area contributed by atoms with E-state index in [2.05, 4.69) is 6.92 Å². The first-order chi connectivity index (χ1) is 16.9. The minimum atomic E-state index is -2.92. The van der Waals surface area contributed by atoms with Gasteiger partial charge in [0.05, 0.1) is 12.2 Å². The van der Waals surface area contributed by atoms with Crippen molar-refractivity contribution in [1.82, 2.24) is 0 Å². The molecule has 0 saturated heterocycles. The molecule has 0 aromatic heterocycles. The van der Waals surface area contributed by atoms with Crippen LogP contribution in [0.5, 0.6) is 5.75 Å². The van der Waals surface area contributed by atoms with Crippen LogP contribution in [-0.4, -0.2) is 6.61 Å². The Morgan fingerprint density at radius 1 is 0.857 bits per heavy atom. The van der Waals surface area contributed by atoms with Gasteiger partial charge < -0.3 is 4.74 Å². The second kappa shape index (κ2) is 11.8. The molecule has 0 spiro atoms. The fourth-order valence-corrected chi connectivity index (χ4v) is 6.36. The maximum atomic E-state index is 14.8. The van der Waals surface area contributed by atoms with Crippen LogP contribution in [0, 0.1) is 42.2 Å². The van der Waals surface area contributed by atoms with Crippen LogP contribution in [-0.2, 0) is 0 Å². The van der Waals surface area contributed by atoms with Crippen LogP contribution < -0.4 is 4.74 Å². The van der Waals surface area contributed by atoms with Crippen molar-refractivity contribution >= 4 is 0 Å². The Labute approximate surface area is 207 Å². The zero-order valence-corrected chi connectivity index (χ0v) is 21.0. The standard InChI is InChI=1S/C30H38F4O/c1-3-4-20-6-10-22(11-7-20)23-12-8-21(9-13-23)18-35-27-16-14-24(17-26(27)31)25-15-5-19(2)28(29(25)32)30(33)34/h5,14-17,20-23,30H,3-4,6-13,18H2,1-2H3. The van der Waals surface area contributed by atoms with E-state index in [0.29, 0.717) is 12.5 Å². The van der Waals surface area contributed by atoms with Crippen molar-refractivity contribution in [2.75, 3.05) is 6.61 Å². The fraction of sp³-hybridized carbons (Fsp3) is 0.600. The second-order valence-corrected chi connectivity index (χ2v) is 10.8. The predicted molar refractivity (Wildman–Crippen MR) is 133 cm³/mol. The van der Waals surface area contributed by atoms with E-state index < -0.39 is 23.6 Å². The van der Waals surface area contributed by atoms with Gasteiger partial charge in [0, 0.05) is 5.56 Å². The van der Waals surface area contributed by atoms with Crippen molar-refractivity contribution in [3.8, 4) is 16.9 Å². The number of rotatable bonds is 8. The topological polar surface area (TPSA) is 9.23 Å². The summed E-state index contributed by atoms with van der Waals surface area (Å²) in [6, 6.07) is 7.04. The molecule has 2 saturated carbocycles. The van der Waals surface area contributed by atoms with Crippen molar-refractivity contribution in [3.05, 3.63) is 53.1 Å². The average molecular weight is 491 g/mol. The van der Waals surface area contributed by atoms with Crippen LogP contribution in [0.3, 0.4) is 0 Å². The molecule has 2 aliphatic carbocycles. The summed E-state index contributed by atoms with van der Waals surface area (Å²) in [4.78, 5) is 0. The third kappa shape index (κ3) is 6.21. The molecule has 5 heteroatoms. The van der Waals surface area contributed by atoms with Crippen molar-refractivity contribution in [3.63, 3.8) is 0 Å². The highest BCUT2D eigenvalue weighted by Gasteiger charge is 2.31. The van der Waals surface area contributed by atoms with Gasteiger partial charge in [-0.2, -0.15) is 0 Å². The first-order valence-electron chi connectivity index (χ1n) is 13.4. The highest BCUT2D eigenvalue weighted by Crippen LogP contribution is 2.42. The average Bonchev–Trinajstić information content (AvgIpc) is 2.84. The summed E-state index contributed by atoms with van der Waals surface area (Å²) < 4.78 is 61.7. The molecule has 4 rings (SSSR count). The summed E-state index contributed by atoms with van der Waals surface area (Å²) >= 11 is 0. The Morgan fingerprint density at radius 3 is 2.06 bits per heavy atom. The summed E-state index contributed by atoms with van der Waals surface area (Å²) in [6.45, 7) is 4.20. The minimum absolute atomic E-state index is 0.0293. The Kier molecular flexibility index (Phi) is 8.77. The van der Waals surface area contributed by atoms with E-state index in [1.165, 1.54) is 88.6 Å². The summed E-state index contributed by atoms with van der Waals surface area (Å²) in [5.41, 5.74) is -0.254. The van der Waals surface area contributed by atoms with Gasteiger partial charge >= 0.3 is 0 Å². The molecule has 1 nitrogen and oxygen atoms in total. The van der Waals surface area contributed by atoms with Crippen molar-refractivity contribution in [2.24, 2.45) is 23.7 Å². The third-order valence-corrected chi connectivity index (χ3v) is 8.48. The lowest BCUT2D eigenvalue weighted by atomic mass is 9.69. The highest BCUT2D eigenvalue weighted by molar-refractivity contribution is 5.67. The van der Waals surface area contributed by atoms with E-state index in [-0.39, 0.29) is 22.4 Å². The molecule has 35 heavy (non-hydrogen) atoms. The molecule has 0 bridgehead atoms. The maximum absolute atomic E-state index is 14.8. The molecule has 0 aliphatic heterocycles. The largest absolute Gasteiger partial charge is 0.490 e. The number of alkyl halides is 2. The molecular weight excluding hydrogens is 452 g/mol. The second-order valence-electron chi connectivity index (χ2n) is 10.8. The monoisotopic (exact) mass is 490 g/mol. The van der Waals surface area contributed by atoms with E-state index in [1.807, 2.05) is 0 Å². The lowest BCUT2D eigenvalue weighted by Crippen LogP contribution is -2.27. The molecule has 0 unspecified atom stereocenters. The normalized spacial score (nSPS) is 25.1.